The van der Waals surface area contributed by atoms with Gasteiger partial charge in [-0.1, -0.05) is 24.1 Å². The van der Waals surface area contributed by atoms with Crippen molar-refractivity contribution in [2.24, 2.45) is 0 Å². The van der Waals surface area contributed by atoms with Crippen LogP contribution in [0.5, 0.6) is 0 Å². The highest BCUT2D eigenvalue weighted by Crippen LogP contribution is 2.46. The Hall–Kier alpha value is -1.09. The Balaban J connectivity index is 2.48. The van der Waals surface area contributed by atoms with Crippen molar-refractivity contribution in [3.05, 3.63) is 34.6 Å². The molecule has 80 valence electrons. The Morgan fingerprint density at radius 2 is 2.13 bits per heavy atom. The second kappa shape index (κ2) is 3.49. The van der Waals surface area contributed by atoms with Crippen molar-refractivity contribution in [3.63, 3.8) is 0 Å². The maximum absolute atomic E-state index is 12.8. The first-order valence-corrected chi connectivity index (χ1v) is 5.13. The van der Waals surface area contributed by atoms with E-state index >= 15 is 0 Å². The number of aliphatic carboxylic acids is 1. The molecular formula is C11H10ClFO2. The van der Waals surface area contributed by atoms with Crippen LogP contribution in [0.2, 0.25) is 5.02 Å². The molecule has 1 aliphatic rings. The summed E-state index contributed by atoms with van der Waals surface area (Å²) in [6.07, 6.45) is 2.03. The minimum Gasteiger partial charge on any atom is -0.481 e. The van der Waals surface area contributed by atoms with Crippen LogP contribution >= 0.6 is 11.6 Å². The number of benzene rings is 1. The summed E-state index contributed by atoms with van der Waals surface area (Å²) in [7, 11) is 0. The summed E-state index contributed by atoms with van der Waals surface area (Å²) >= 11 is 5.87. The van der Waals surface area contributed by atoms with Gasteiger partial charge < -0.3 is 5.11 Å². The van der Waals surface area contributed by atoms with Crippen LogP contribution in [0, 0.1) is 5.82 Å². The Morgan fingerprint density at radius 3 is 2.53 bits per heavy atom. The van der Waals surface area contributed by atoms with Crippen molar-refractivity contribution in [2.45, 2.75) is 24.7 Å². The van der Waals surface area contributed by atoms with Gasteiger partial charge in [0.25, 0.3) is 0 Å². The lowest BCUT2D eigenvalue weighted by Crippen LogP contribution is -2.42. The standard InChI is InChI=1S/C11H10ClFO2/c12-9-6-7(13)2-3-8(9)11(10(14)15)4-1-5-11/h2-3,6H,1,4-5H2,(H,14,15). The molecule has 1 aliphatic carbocycles. The van der Waals surface area contributed by atoms with Gasteiger partial charge in [0.1, 0.15) is 5.82 Å². The van der Waals surface area contributed by atoms with E-state index in [1.54, 1.807) is 0 Å². The summed E-state index contributed by atoms with van der Waals surface area (Å²) in [5.74, 6) is -1.31. The Labute approximate surface area is 91.7 Å². The fraction of sp³-hybridized carbons (Fsp3) is 0.364. The predicted molar refractivity (Wildman–Crippen MR) is 54.6 cm³/mol. The maximum Gasteiger partial charge on any atom is 0.314 e. The molecule has 0 atom stereocenters. The molecule has 0 heterocycles. The van der Waals surface area contributed by atoms with Crippen molar-refractivity contribution >= 4 is 17.6 Å². The molecule has 1 fully saturated rings. The number of halogens is 2. The summed E-state index contributed by atoms with van der Waals surface area (Å²) in [5, 5.41) is 9.38. The Bertz CT molecular complexity index is 413. The van der Waals surface area contributed by atoms with Crippen LogP contribution in [0.15, 0.2) is 18.2 Å². The fourth-order valence-electron chi connectivity index (χ4n) is 2.01. The molecule has 0 bridgehead atoms. The molecule has 1 aromatic carbocycles. The fourth-order valence-corrected chi connectivity index (χ4v) is 2.35. The Morgan fingerprint density at radius 1 is 1.47 bits per heavy atom. The zero-order valence-electron chi connectivity index (χ0n) is 7.96. The number of carbonyl (C=O) groups is 1. The van der Waals surface area contributed by atoms with E-state index in [4.69, 9.17) is 11.6 Å². The first-order chi connectivity index (χ1) is 7.06. The van der Waals surface area contributed by atoms with Crippen LogP contribution < -0.4 is 0 Å². The number of carboxylic acid groups (broad SMARTS) is 1. The molecule has 0 amide bonds. The van der Waals surface area contributed by atoms with Crippen molar-refractivity contribution in [3.8, 4) is 0 Å². The number of carboxylic acids is 1. The molecule has 2 nitrogen and oxygen atoms in total. The van der Waals surface area contributed by atoms with E-state index < -0.39 is 17.2 Å². The minimum atomic E-state index is -0.884. The number of hydrogen-bond donors (Lipinski definition) is 1. The van der Waals surface area contributed by atoms with Crippen molar-refractivity contribution in [2.75, 3.05) is 0 Å². The van der Waals surface area contributed by atoms with Gasteiger partial charge in [0.05, 0.1) is 5.41 Å². The average molecular weight is 229 g/mol. The van der Waals surface area contributed by atoms with E-state index in [9.17, 15) is 14.3 Å². The zero-order chi connectivity index (χ0) is 11.1. The zero-order valence-corrected chi connectivity index (χ0v) is 8.72. The highest BCUT2D eigenvalue weighted by atomic mass is 35.5. The van der Waals surface area contributed by atoms with Gasteiger partial charge in [-0.25, -0.2) is 4.39 Å². The molecule has 0 radical (unpaired) electrons. The second-order valence-corrected chi connectivity index (χ2v) is 4.27. The Kier molecular flexibility index (Phi) is 2.43. The molecule has 2 rings (SSSR count). The van der Waals surface area contributed by atoms with Gasteiger partial charge in [-0.05, 0) is 30.5 Å². The molecule has 0 aromatic heterocycles. The van der Waals surface area contributed by atoms with E-state index in [2.05, 4.69) is 0 Å². The number of hydrogen-bond acceptors (Lipinski definition) is 1. The molecule has 0 saturated heterocycles. The molecule has 1 aromatic rings. The van der Waals surface area contributed by atoms with Gasteiger partial charge in [-0.2, -0.15) is 0 Å². The van der Waals surface area contributed by atoms with Crippen LogP contribution in [-0.4, -0.2) is 11.1 Å². The molecule has 4 heteroatoms. The van der Waals surface area contributed by atoms with E-state index in [-0.39, 0.29) is 5.02 Å². The summed E-state index contributed by atoms with van der Waals surface area (Å²) in [6.45, 7) is 0. The largest absolute Gasteiger partial charge is 0.481 e. The highest BCUT2D eigenvalue weighted by molar-refractivity contribution is 6.31. The van der Waals surface area contributed by atoms with Crippen molar-refractivity contribution in [1.29, 1.82) is 0 Å². The van der Waals surface area contributed by atoms with E-state index in [0.717, 1.165) is 6.42 Å². The SMILES string of the molecule is O=C(O)C1(c2ccc(F)cc2Cl)CCC1. The summed E-state index contributed by atoms with van der Waals surface area (Å²) in [5.41, 5.74) is -0.352. The monoisotopic (exact) mass is 228 g/mol. The van der Waals surface area contributed by atoms with Crippen LogP contribution in [0.25, 0.3) is 0 Å². The molecule has 0 spiro atoms. The van der Waals surface area contributed by atoms with E-state index in [0.29, 0.717) is 18.4 Å². The van der Waals surface area contributed by atoms with Crippen LogP contribution in [0.3, 0.4) is 0 Å². The third kappa shape index (κ3) is 1.51. The summed E-state index contributed by atoms with van der Waals surface area (Å²) in [4.78, 5) is 11.2. The van der Waals surface area contributed by atoms with Crippen LogP contribution in [-0.2, 0) is 10.2 Å². The lowest BCUT2D eigenvalue weighted by Gasteiger charge is -2.38. The van der Waals surface area contributed by atoms with Crippen molar-refractivity contribution < 1.29 is 14.3 Å². The third-order valence-electron chi connectivity index (χ3n) is 3.06. The first-order valence-electron chi connectivity index (χ1n) is 4.75. The van der Waals surface area contributed by atoms with Gasteiger partial charge in [-0.15, -0.1) is 0 Å². The first kappa shape index (κ1) is 10.4. The topological polar surface area (TPSA) is 37.3 Å². The number of rotatable bonds is 2. The quantitative estimate of drug-likeness (QED) is 0.845. The van der Waals surface area contributed by atoms with Crippen molar-refractivity contribution in [1.82, 2.24) is 0 Å². The molecule has 1 N–H and O–H groups in total. The normalized spacial score (nSPS) is 18.3. The molecular weight excluding hydrogens is 219 g/mol. The van der Waals surface area contributed by atoms with Gasteiger partial charge in [0, 0.05) is 5.02 Å². The van der Waals surface area contributed by atoms with E-state index in [1.807, 2.05) is 0 Å². The molecule has 1 saturated carbocycles. The summed E-state index contributed by atoms with van der Waals surface area (Å²) < 4.78 is 12.8. The predicted octanol–water partition coefficient (Wildman–Crippen LogP) is 2.99. The van der Waals surface area contributed by atoms with Crippen LogP contribution in [0.1, 0.15) is 24.8 Å². The van der Waals surface area contributed by atoms with Gasteiger partial charge in [0.2, 0.25) is 0 Å². The van der Waals surface area contributed by atoms with E-state index in [1.165, 1.54) is 18.2 Å². The maximum atomic E-state index is 12.8. The lowest BCUT2D eigenvalue weighted by molar-refractivity contribution is -0.147. The molecule has 0 aliphatic heterocycles. The third-order valence-corrected chi connectivity index (χ3v) is 3.38. The highest BCUT2D eigenvalue weighted by Gasteiger charge is 2.47. The lowest BCUT2D eigenvalue weighted by atomic mass is 9.64. The smallest absolute Gasteiger partial charge is 0.314 e. The summed E-state index contributed by atoms with van der Waals surface area (Å²) in [6, 6.07) is 3.90. The minimum absolute atomic E-state index is 0.206. The van der Waals surface area contributed by atoms with Gasteiger partial charge in [0.15, 0.2) is 0 Å². The average Bonchev–Trinajstić information content (AvgIpc) is 2.05. The van der Waals surface area contributed by atoms with Crippen LogP contribution in [0.4, 0.5) is 4.39 Å². The second-order valence-electron chi connectivity index (χ2n) is 3.86. The molecule has 0 unspecified atom stereocenters. The van der Waals surface area contributed by atoms with Gasteiger partial charge >= 0.3 is 5.97 Å². The molecule has 15 heavy (non-hydrogen) atoms. The van der Waals surface area contributed by atoms with Gasteiger partial charge in [-0.3, -0.25) is 4.79 Å².